The summed E-state index contributed by atoms with van der Waals surface area (Å²) < 4.78 is 15.4. The molecule has 0 heterocycles. The van der Waals surface area contributed by atoms with Gasteiger partial charge in [-0.05, 0) is 30.3 Å². The molecule has 0 spiro atoms. The number of hydrazone groups is 1. The van der Waals surface area contributed by atoms with E-state index in [2.05, 4.69) is 10.5 Å². The van der Waals surface area contributed by atoms with Crippen molar-refractivity contribution in [2.45, 2.75) is 0 Å². The van der Waals surface area contributed by atoms with E-state index in [4.69, 9.17) is 19.5 Å². The molecule has 0 bridgehead atoms. The van der Waals surface area contributed by atoms with Gasteiger partial charge in [0, 0.05) is 0 Å². The van der Waals surface area contributed by atoms with Gasteiger partial charge in [-0.2, -0.15) is 10.4 Å². The van der Waals surface area contributed by atoms with E-state index < -0.39 is 10.8 Å². The van der Waals surface area contributed by atoms with Gasteiger partial charge < -0.3 is 14.2 Å². The van der Waals surface area contributed by atoms with Crippen molar-refractivity contribution in [1.29, 1.82) is 5.26 Å². The SMILES string of the molecule is COc1cc(/C=N\NC(=O)COc2ccc(C#N)cc2)c([N+](=O)[O-])cc1OC. The van der Waals surface area contributed by atoms with Crippen LogP contribution in [0.3, 0.4) is 0 Å². The van der Waals surface area contributed by atoms with Gasteiger partial charge in [0.25, 0.3) is 11.6 Å². The van der Waals surface area contributed by atoms with Gasteiger partial charge in [-0.15, -0.1) is 0 Å². The third-order valence-electron chi connectivity index (χ3n) is 3.48. The zero-order valence-corrected chi connectivity index (χ0v) is 15.0. The lowest BCUT2D eigenvalue weighted by Crippen LogP contribution is -2.24. The first-order valence-corrected chi connectivity index (χ1v) is 7.83. The number of nitriles is 1. The number of methoxy groups -OCH3 is 2. The van der Waals surface area contributed by atoms with Gasteiger partial charge in [0.05, 0.1) is 48.6 Å². The standard InChI is InChI=1S/C18H16N4O6/c1-26-16-7-13(15(22(24)25)8-17(16)27-2)10-20-21-18(23)11-28-14-5-3-12(9-19)4-6-14/h3-8,10H,11H2,1-2H3,(H,21,23)/b20-10-. The number of carbonyl (C=O) groups is 1. The number of hydrogen-bond acceptors (Lipinski definition) is 8. The largest absolute Gasteiger partial charge is 0.493 e. The molecule has 0 aliphatic rings. The highest BCUT2D eigenvalue weighted by Crippen LogP contribution is 2.33. The van der Waals surface area contributed by atoms with Crippen molar-refractivity contribution in [2.75, 3.05) is 20.8 Å². The molecule has 144 valence electrons. The van der Waals surface area contributed by atoms with Crippen molar-refractivity contribution >= 4 is 17.8 Å². The molecule has 1 amide bonds. The van der Waals surface area contributed by atoms with Crippen LogP contribution in [-0.2, 0) is 4.79 Å². The Labute approximate surface area is 160 Å². The van der Waals surface area contributed by atoms with Gasteiger partial charge >= 0.3 is 0 Å². The normalized spacial score (nSPS) is 10.2. The third kappa shape index (κ3) is 5.18. The minimum absolute atomic E-state index is 0.121. The maximum Gasteiger partial charge on any atom is 0.282 e. The first-order valence-electron chi connectivity index (χ1n) is 7.83. The molecule has 2 rings (SSSR count). The van der Waals surface area contributed by atoms with Crippen LogP contribution < -0.4 is 19.6 Å². The Balaban J connectivity index is 2.01. The number of benzene rings is 2. The lowest BCUT2D eigenvalue weighted by atomic mass is 10.1. The van der Waals surface area contributed by atoms with Crippen LogP contribution in [0.1, 0.15) is 11.1 Å². The molecule has 28 heavy (non-hydrogen) atoms. The van der Waals surface area contributed by atoms with Gasteiger partial charge in [-0.1, -0.05) is 0 Å². The molecule has 0 atom stereocenters. The molecule has 2 aromatic rings. The summed E-state index contributed by atoms with van der Waals surface area (Å²) in [4.78, 5) is 22.4. The average Bonchev–Trinajstić information content (AvgIpc) is 2.71. The van der Waals surface area contributed by atoms with Crippen LogP contribution in [0.2, 0.25) is 0 Å². The number of carbonyl (C=O) groups excluding carboxylic acids is 1. The molecule has 0 unspecified atom stereocenters. The average molecular weight is 384 g/mol. The zero-order chi connectivity index (χ0) is 20.5. The maximum atomic E-state index is 11.8. The molecular formula is C18H16N4O6. The van der Waals surface area contributed by atoms with Crippen molar-refractivity contribution in [3.63, 3.8) is 0 Å². The lowest BCUT2D eigenvalue weighted by molar-refractivity contribution is -0.385. The fourth-order valence-corrected chi connectivity index (χ4v) is 2.13. The van der Waals surface area contributed by atoms with Gasteiger partial charge in [0.2, 0.25) is 0 Å². The predicted molar refractivity (Wildman–Crippen MR) is 98.6 cm³/mol. The summed E-state index contributed by atoms with van der Waals surface area (Å²) in [5, 5.41) is 23.6. The van der Waals surface area contributed by atoms with Crippen LogP contribution in [-0.4, -0.2) is 37.9 Å². The summed E-state index contributed by atoms with van der Waals surface area (Å²) >= 11 is 0. The summed E-state index contributed by atoms with van der Waals surface area (Å²) in [6.45, 7) is -0.322. The molecule has 1 N–H and O–H groups in total. The van der Waals surface area contributed by atoms with Crippen LogP contribution >= 0.6 is 0 Å². The first kappa shape index (κ1) is 20.2. The summed E-state index contributed by atoms with van der Waals surface area (Å²) in [5.41, 5.74) is 2.55. The number of nitrogens with zero attached hydrogens (tertiary/aromatic N) is 3. The molecule has 0 saturated carbocycles. The zero-order valence-electron chi connectivity index (χ0n) is 15.0. The molecule has 0 aromatic heterocycles. The highest BCUT2D eigenvalue weighted by Gasteiger charge is 2.18. The Morgan fingerprint density at radius 1 is 1.25 bits per heavy atom. The van der Waals surface area contributed by atoms with Crippen LogP contribution in [0.15, 0.2) is 41.5 Å². The smallest absolute Gasteiger partial charge is 0.282 e. The second kappa shape index (κ2) is 9.54. The summed E-state index contributed by atoms with van der Waals surface area (Å²) in [5.74, 6) is 0.327. The Bertz CT molecular complexity index is 934. The van der Waals surface area contributed by atoms with Gasteiger partial charge in [-0.3, -0.25) is 14.9 Å². The van der Waals surface area contributed by atoms with Crippen molar-refractivity contribution in [3.8, 4) is 23.3 Å². The maximum absolute atomic E-state index is 11.8. The minimum atomic E-state index is -0.598. The predicted octanol–water partition coefficient (Wildman–Crippen LogP) is 2.01. The van der Waals surface area contributed by atoms with Crippen molar-refractivity contribution < 1.29 is 23.9 Å². The Morgan fingerprint density at radius 3 is 2.46 bits per heavy atom. The summed E-state index contributed by atoms with van der Waals surface area (Å²) in [6.07, 6.45) is 1.12. The number of nitro benzene ring substituents is 1. The van der Waals surface area contributed by atoms with Gasteiger partial charge in [-0.25, -0.2) is 5.43 Å². The quantitative estimate of drug-likeness (QED) is 0.417. The molecule has 10 heteroatoms. The van der Waals surface area contributed by atoms with Gasteiger partial charge in [0.15, 0.2) is 18.1 Å². The van der Waals surface area contributed by atoms with E-state index in [1.165, 1.54) is 26.4 Å². The van der Waals surface area contributed by atoms with E-state index in [-0.39, 0.29) is 29.4 Å². The molecule has 10 nitrogen and oxygen atoms in total. The monoisotopic (exact) mass is 384 g/mol. The number of ether oxygens (including phenoxy) is 3. The molecule has 2 aromatic carbocycles. The number of hydrogen-bond donors (Lipinski definition) is 1. The Morgan fingerprint density at radius 2 is 1.89 bits per heavy atom. The highest BCUT2D eigenvalue weighted by molar-refractivity contribution is 5.88. The van der Waals surface area contributed by atoms with Crippen molar-refractivity contribution in [3.05, 3.63) is 57.6 Å². The Kier molecular flexibility index (Phi) is 6.87. The second-order valence-corrected chi connectivity index (χ2v) is 5.24. The van der Waals surface area contributed by atoms with E-state index in [1.54, 1.807) is 24.3 Å². The number of rotatable bonds is 8. The van der Waals surface area contributed by atoms with Crippen LogP contribution in [0.5, 0.6) is 17.2 Å². The van der Waals surface area contributed by atoms with Crippen LogP contribution in [0.25, 0.3) is 0 Å². The van der Waals surface area contributed by atoms with E-state index in [0.29, 0.717) is 11.3 Å². The molecule has 0 aliphatic heterocycles. The van der Waals surface area contributed by atoms with E-state index in [1.807, 2.05) is 6.07 Å². The van der Waals surface area contributed by atoms with Crippen LogP contribution in [0, 0.1) is 21.4 Å². The Hall–Kier alpha value is -4.13. The molecule has 0 fully saturated rings. The summed E-state index contributed by atoms with van der Waals surface area (Å²) in [6, 6.07) is 10.8. The molecular weight excluding hydrogens is 368 g/mol. The first-order chi connectivity index (χ1) is 13.5. The number of nitrogens with one attached hydrogen (secondary N) is 1. The topological polar surface area (TPSA) is 136 Å². The van der Waals surface area contributed by atoms with E-state index in [0.717, 1.165) is 6.21 Å². The van der Waals surface area contributed by atoms with E-state index >= 15 is 0 Å². The van der Waals surface area contributed by atoms with Gasteiger partial charge in [0.1, 0.15) is 5.75 Å². The number of nitro groups is 1. The second-order valence-electron chi connectivity index (χ2n) is 5.24. The van der Waals surface area contributed by atoms with Crippen molar-refractivity contribution in [1.82, 2.24) is 5.43 Å². The molecule has 0 radical (unpaired) electrons. The number of amides is 1. The fourth-order valence-electron chi connectivity index (χ4n) is 2.13. The van der Waals surface area contributed by atoms with Crippen LogP contribution in [0.4, 0.5) is 5.69 Å². The minimum Gasteiger partial charge on any atom is -0.493 e. The highest BCUT2D eigenvalue weighted by atomic mass is 16.6. The third-order valence-corrected chi connectivity index (χ3v) is 3.48. The fraction of sp³-hybridized carbons (Fsp3) is 0.167. The van der Waals surface area contributed by atoms with Crippen molar-refractivity contribution in [2.24, 2.45) is 5.10 Å². The molecule has 0 aliphatic carbocycles. The summed E-state index contributed by atoms with van der Waals surface area (Å²) in [7, 11) is 2.76. The van der Waals surface area contributed by atoms with E-state index in [9.17, 15) is 14.9 Å². The molecule has 0 saturated heterocycles. The lowest BCUT2D eigenvalue weighted by Gasteiger charge is -2.08.